The summed E-state index contributed by atoms with van der Waals surface area (Å²) in [6, 6.07) is 0. The Bertz CT molecular complexity index is 271. The van der Waals surface area contributed by atoms with E-state index in [1.807, 2.05) is 6.92 Å². The largest absolute Gasteiger partial charge is 0.479 e. The molecule has 5 heteroatoms. The van der Waals surface area contributed by atoms with Crippen molar-refractivity contribution in [3.63, 3.8) is 0 Å². The highest BCUT2D eigenvalue weighted by molar-refractivity contribution is 5.83. The lowest BCUT2D eigenvalue weighted by molar-refractivity contribution is -0.146. The predicted molar refractivity (Wildman–Crippen MR) is 57.8 cm³/mol. The van der Waals surface area contributed by atoms with Crippen LogP contribution < -0.4 is 5.32 Å². The SMILES string of the molecule is CC1(C(=O)NC[C@H](O)C(=O)O)CCCCC1. The van der Waals surface area contributed by atoms with Crippen LogP contribution in [0.15, 0.2) is 0 Å². The van der Waals surface area contributed by atoms with Gasteiger partial charge < -0.3 is 15.5 Å². The maximum Gasteiger partial charge on any atom is 0.334 e. The molecule has 1 aliphatic carbocycles. The Kier molecular flexibility index (Phi) is 4.29. The fraction of sp³-hybridized carbons (Fsp3) is 0.818. The summed E-state index contributed by atoms with van der Waals surface area (Å²) in [4.78, 5) is 22.2. The maximum atomic E-state index is 11.8. The topological polar surface area (TPSA) is 86.6 Å². The van der Waals surface area contributed by atoms with Crippen molar-refractivity contribution in [2.45, 2.75) is 45.1 Å². The molecule has 3 N–H and O–H groups in total. The Morgan fingerprint density at radius 3 is 2.38 bits per heavy atom. The van der Waals surface area contributed by atoms with Crippen LogP contribution in [-0.2, 0) is 9.59 Å². The Labute approximate surface area is 94.8 Å². The van der Waals surface area contributed by atoms with E-state index in [4.69, 9.17) is 10.2 Å². The van der Waals surface area contributed by atoms with Crippen molar-refractivity contribution in [3.05, 3.63) is 0 Å². The highest BCUT2D eigenvalue weighted by atomic mass is 16.4. The lowest BCUT2D eigenvalue weighted by atomic mass is 9.75. The van der Waals surface area contributed by atoms with Gasteiger partial charge in [0.05, 0.1) is 6.54 Å². The quantitative estimate of drug-likeness (QED) is 0.656. The smallest absolute Gasteiger partial charge is 0.334 e. The molecule has 1 amide bonds. The van der Waals surface area contributed by atoms with E-state index in [9.17, 15) is 9.59 Å². The molecule has 0 heterocycles. The van der Waals surface area contributed by atoms with Crippen LogP contribution in [0.4, 0.5) is 0 Å². The van der Waals surface area contributed by atoms with Crippen molar-refractivity contribution in [1.82, 2.24) is 5.32 Å². The van der Waals surface area contributed by atoms with Gasteiger partial charge in [-0.05, 0) is 12.8 Å². The minimum absolute atomic E-state index is 0.146. The minimum atomic E-state index is -1.52. The van der Waals surface area contributed by atoms with Crippen LogP contribution in [0.25, 0.3) is 0 Å². The lowest BCUT2D eigenvalue weighted by Crippen LogP contribution is -2.44. The highest BCUT2D eigenvalue weighted by Crippen LogP contribution is 2.35. The van der Waals surface area contributed by atoms with Gasteiger partial charge >= 0.3 is 5.97 Å². The summed E-state index contributed by atoms with van der Waals surface area (Å²) in [6.45, 7) is 1.68. The van der Waals surface area contributed by atoms with Gasteiger partial charge in [-0.2, -0.15) is 0 Å². The predicted octanol–water partition coefficient (Wildman–Crippen LogP) is 0.518. The average molecular weight is 229 g/mol. The third kappa shape index (κ3) is 3.20. The Balaban J connectivity index is 2.42. The molecule has 0 aromatic rings. The van der Waals surface area contributed by atoms with Crippen molar-refractivity contribution in [1.29, 1.82) is 0 Å². The van der Waals surface area contributed by atoms with E-state index in [-0.39, 0.29) is 12.5 Å². The number of carbonyl (C=O) groups excluding carboxylic acids is 1. The molecule has 0 spiro atoms. The molecule has 92 valence electrons. The number of carboxylic acid groups (broad SMARTS) is 1. The molecule has 1 fully saturated rings. The number of carboxylic acids is 1. The number of hydrogen-bond acceptors (Lipinski definition) is 3. The number of rotatable bonds is 4. The summed E-state index contributed by atoms with van der Waals surface area (Å²) in [5.74, 6) is -1.46. The molecule has 0 aliphatic heterocycles. The number of aliphatic carboxylic acids is 1. The van der Waals surface area contributed by atoms with E-state index in [0.29, 0.717) is 0 Å². The first kappa shape index (κ1) is 13.0. The summed E-state index contributed by atoms with van der Waals surface area (Å²) >= 11 is 0. The van der Waals surface area contributed by atoms with Gasteiger partial charge in [-0.15, -0.1) is 0 Å². The molecule has 1 aliphatic rings. The molecule has 0 radical (unpaired) electrons. The Morgan fingerprint density at radius 1 is 1.31 bits per heavy atom. The van der Waals surface area contributed by atoms with Gasteiger partial charge in [0.1, 0.15) is 0 Å². The van der Waals surface area contributed by atoms with E-state index >= 15 is 0 Å². The van der Waals surface area contributed by atoms with Gasteiger partial charge in [-0.3, -0.25) is 4.79 Å². The van der Waals surface area contributed by atoms with Crippen LogP contribution in [-0.4, -0.2) is 34.7 Å². The Morgan fingerprint density at radius 2 is 1.88 bits per heavy atom. The van der Waals surface area contributed by atoms with Gasteiger partial charge in [0.2, 0.25) is 5.91 Å². The zero-order valence-corrected chi connectivity index (χ0v) is 9.53. The van der Waals surface area contributed by atoms with Crippen molar-refractivity contribution < 1.29 is 19.8 Å². The van der Waals surface area contributed by atoms with Crippen LogP contribution in [0, 0.1) is 5.41 Å². The van der Waals surface area contributed by atoms with Gasteiger partial charge in [-0.25, -0.2) is 4.79 Å². The van der Waals surface area contributed by atoms with E-state index in [1.165, 1.54) is 0 Å². The molecule has 0 unspecified atom stereocenters. The van der Waals surface area contributed by atoms with Gasteiger partial charge in [0, 0.05) is 5.41 Å². The summed E-state index contributed by atoms with van der Waals surface area (Å²) in [5.41, 5.74) is -0.392. The van der Waals surface area contributed by atoms with Gasteiger partial charge in [-0.1, -0.05) is 26.2 Å². The molecule has 0 aromatic carbocycles. The van der Waals surface area contributed by atoms with Crippen LogP contribution in [0.2, 0.25) is 0 Å². The molecule has 0 saturated heterocycles. The number of hydrogen-bond donors (Lipinski definition) is 3. The third-order valence-corrected chi connectivity index (χ3v) is 3.25. The van der Waals surface area contributed by atoms with Crippen molar-refractivity contribution >= 4 is 11.9 Å². The number of aliphatic hydroxyl groups excluding tert-OH is 1. The molecule has 1 rings (SSSR count). The zero-order valence-electron chi connectivity index (χ0n) is 9.53. The molecular weight excluding hydrogens is 210 g/mol. The number of amides is 1. The fourth-order valence-corrected chi connectivity index (χ4v) is 2.05. The van der Waals surface area contributed by atoms with E-state index in [0.717, 1.165) is 32.1 Å². The van der Waals surface area contributed by atoms with Crippen LogP contribution in [0.3, 0.4) is 0 Å². The van der Waals surface area contributed by atoms with Crippen molar-refractivity contribution in [3.8, 4) is 0 Å². The maximum absolute atomic E-state index is 11.8. The fourth-order valence-electron chi connectivity index (χ4n) is 2.05. The average Bonchev–Trinajstić information content (AvgIpc) is 2.26. The van der Waals surface area contributed by atoms with E-state index in [1.54, 1.807) is 0 Å². The van der Waals surface area contributed by atoms with Gasteiger partial charge in [0.15, 0.2) is 6.10 Å². The summed E-state index contributed by atoms with van der Waals surface area (Å²) in [6.07, 6.45) is 3.37. The Hall–Kier alpha value is -1.10. The first-order chi connectivity index (χ1) is 7.46. The number of aliphatic hydroxyl groups is 1. The molecule has 5 nitrogen and oxygen atoms in total. The molecule has 1 atom stereocenters. The minimum Gasteiger partial charge on any atom is -0.479 e. The molecule has 16 heavy (non-hydrogen) atoms. The van der Waals surface area contributed by atoms with Crippen molar-refractivity contribution in [2.75, 3.05) is 6.54 Å². The molecule has 0 aromatic heterocycles. The van der Waals surface area contributed by atoms with Crippen LogP contribution >= 0.6 is 0 Å². The van der Waals surface area contributed by atoms with E-state index < -0.39 is 17.5 Å². The second-order valence-electron chi connectivity index (χ2n) is 4.69. The molecule has 0 bridgehead atoms. The first-order valence-corrected chi connectivity index (χ1v) is 5.65. The zero-order chi connectivity index (χ0) is 12.2. The lowest BCUT2D eigenvalue weighted by Gasteiger charge is -2.32. The monoisotopic (exact) mass is 229 g/mol. The second kappa shape index (κ2) is 5.30. The standard InChI is InChI=1S/C11H19NO4/c1-11(5-3-2-4-6-11)10(16)12-7-8(13)9(14)15/h8,13H,2-7H2,1H3,(H,12,16)(H,14,15)/t8-/m0/s1. The number of nitrogens with one attached hydrogen (secondary N) is 1. The first-order valence-electron chi connectivity index (χ1n) is 5.65. The normalized spacial score (nSPS) is 21.1. The highest BCUT2D eigenvalue weighted by Gasteiger charge is 2.34. The molecular formula is C11H19NO4. The molecule has 1 saturated carbocycles. The number of carbonyl (C=O) groups is 2. The second-order valence-corrected chi connectivity index (χ2v) is 4.69. The van der Waals surface area contributed by atoms with E-state index in [2.05, 4.69) is 5.32 Å². The van der Waals surface area contributed by atoms with Gasteiger partial charge in [0.25, 0.3) is 0 Å². The third-order valence-electron chi connectivity index (χ3n) is 3.25. The summed E-state index contributed by atoms with van der Waals surface area (Å²) in [5, 5.41) is 20.0. The van der Waals surface area contributed by atoms with Crippen molar-refractivity contribution in [2.24, 2.45) is 5.41 Å². The van der Waals surface area contributed by atoms with Crippen LogP contribution in [0.1, 0.15) is 39.0 Å². The van der Waals surface area contributed by atoms with Crippen LogP contribution in [0.5, 0.6) is 0 Å². The summed E-state index contributed by atoms with van der Waals surface area (Å²) in [7, 11) is 0. The summed E-state index contributed by atoms with van der Waals surface area (Å²) < 4.78 is 0.